The Kier molecular flexibility index (Phi) is 6.64. The molecule has 164 valence electrons. The van der Waals surface area contributed by atoms with E-state index in [-0.39, 0.29) is 18.0 Å². The topological polar surface area (TPSA) is 102 Å². The fraction of sp³-hybridized carbons (Fsp3) is 0.429. The second-order valence-electron chi connectivity index (χ2n) is 7.87. The molecule has 2 aliphatic rings. The first-order valence-electron chi connectivity index (χ1n) is 10.6. The Morgan fingerprint density at radius 3 is 2.48 bits per heavy atom. The quantitative estimate of drug-likeness (QED) is 0.550. The van der Waals surface area contributed by atoms with Crippen molar-refractivity contribution in [1.29, 1.82) is 0 Å². The first kappa shape index (κ1) is 21.5. The van der Waals surface area contributed by atoms with Crippen LogP contribution in [-0.4, -0.2) is 64.3 Å². The molecule has 10 heteroatoms. The highest BCUT2D eigenvalue weighted by atomic mass is 35.5. The van der Waals surface area contributed by atoms with E-state index in [4.69, 9.17) is 4.98 Å². The number of halogens is 1. The van der Waals surface area contributed by atoms with E-state index in [9.17, 15) is 4.79 Å². The Labute approximate surface area is 186 Å². The van der Waals surface area contributed by atoms with Gasteiger partial charge in [-0.2, -0.15) is 10.1 Å². The third-order valence-electron chi connectivity index (χ3n) is 5.73. The fourth-order valence-corrected chi connectivity index (χ4v) is 4.10. The van der Waals surface area contributed by atoms with Gasteiger partial charge in [-0.1, -0.05) is 12.1 Å². The largest absolute Gasteiger partial charge is 0.341 e. The van der Waals surface area contributed by atoms with Gasteiger partial charge in [0.2, 0.25) is 5.95 Å². The monoisotopic (exact) mass is 442 g/mol. The smallest absolute Gasteiger partial charge is 0.277 e. The molecule has 3 N–H and O–H groups in total. The average molecular weight is 443 g/mol. The minimum Gasteiger partial charge on any atom is -0.341 e. The molecule has 2 fully saturated rings. The average Bonchev–Trinajstić information content (AvgIpc) is 3.31. The molecule has 5 rings (SSSR count). The molecular formula is C21H27ClN8O. The fourth-order valence-electron chi connectivity index (χ4n) is 4.10. The number of hydrogen-bond acceptors (Lipinski definition) is 8. The SMILES string of the molecule is Cl.O=c1[nH]ncc2nc(N3CCCC3)nc(Nc3ccc(CN4CCNCC4)cc3)c12. The summed E-state index contributed by atoms with van der Waals surface area (Å²) in [4.78, 5) is 26.3. The van der Waals surface area contributed by atoms with Crippen LogP contribution in [0.25, 0.3) is 10.9 Å². The number of anilines is 3. The van der Waals surface area contributed by atoms with E-state index in [2.05, 4.69) is 47.7 Å². The highest BCUT2D eigenvalue weighted by molar-refractivity contribution is 5.90. The van der Waals surface area contributed by atoms with Crippen molar-refractivity contribution in [3.8, 4) is 0 Å². The number of nitrogens with zero attached hydrogens (tertiary/aromatic N) is 5. The van der Waals surface area contributed by atoms with Gasteiger partial charge in [0.1, 0.15) is 16.7 Å². The van der Waals surface area contributed by atoms with E-state index < -0.39 is 0 Å². The minimum absolute atomic E-state index is 0. The molecule has 0 radical (unpaired) electrons. The first-order valence-corrected chi connectivity index (χ1v) is 10.6. The molecule has 0 bridgehead atoms. The van der Waals surface area contributed by atoms with Gasteiger partial charge in [-0.3, -0.25) is 9.69 Å². The lowest BCUT2D eigenvalue weighted by Crippen LogP contribution is -2.42. The molecule has 0 saturated carbocycles. The Hall–Kier alpha value is -2.75. The van der Waals surface area contributed by atoms with Gasteiger partial charge >= 0.3 is 0 Å². The molecule has 2 aliphatic heterocycles. The molecule has 0 spiro atoms. The molecular weight excluding hydrogens is 416 g/mol. The number of hydrogen-bond donors (Lipinski definition) is 3. The van der Waals surface area contributed by atoms with Crippen LogP contribution in [0.2, 0.25) is 0 Å². The first-order chi connectivity index (χ1) is 14.8. The maximum absolute atomic E-state index is 12.4. The van der Waals surface area contributed by atoms with E-state index >= 15 is 0 Å². The number of piperazine rings is 1. The Bertz CT molecular complexity index is 1070. The second-order valence-corrected chi connectivity index (χ2v) is 7.87. The molecule has 31 heavy (non-hydrogen) atoms. The molecule has 1 aromatic carbocycles. The molecule has 0 amide bonds. The lowest BCUT2D eigenvalue weighted by molar-refractivity contribution is 0.233. The Balaban J connectivity index is 0.00000231. The summed E-state index contributed by atoms with van der Waals surface area (Å²) in [5.74, 6) is 1.16. The van der Waals surface area contributed by atoms with E-state index in [1.165, 1.54) is 5.56 Å². The predicted octanol–water partition coefficient (Wildman–Crippen LogP) is 1.88. The number of aromatic nitrogens is 4. The van der Waals surface area contributed by atoms with E-state index in [1.807, 2.05) is 12.1 Å². The van der Waals surface area contributed by atoms with Gasteiger partial charge in [-0.05, 0) is 30.5 Å². The normalized spacial score (nSPS) is 17.0. The number of fused-ring (bicyclic) bond motifs is 1. The lowest BCUT2D eigenvalue weighted by Gasteiger charge is -2.27. The summed E-state index contributed by atoms with van der Waals surface area (Å²) < 4.78 is 0. The Morgan fingerprint density at radius 1 is 1.00 bits per heavy atom. The van der Waals surface area contributed by atoms with Crippen molar-refractivity contribution < 1.29 is 0 Å². The lowest BCUT2D eigenvalue weighted by atomic mass is 10.2. The van der Waals surface area contributed by atoms with Crippen LogP contribution in [0.4, 0.5) is 17.5 Å². The summed E-state index contributed by atoms with van der Waals surface area (Å²) in [5, 5.41) is 13.5. The van der Waals surface area contributed by atoms with Crippen LogP contribution in [0.15, 0.2) is 35.3 Å². The number of H-pyrrole nitrogens is 1. The molecule has 0 unspecified atom stereocenters. The van der Waals surface area contributed by atoms with Crippen LogP contribution in [0.3, 0.4) is 0 Å². The standard InChI is InChI=1S/C21H26N8O.ClH/c30-20-18-17(13-23-27-20)25-21(29-9-1-2-10-29)26-19(18)24-16-5-3-15(4-6-16)14-28-11-7-22-8-12-28;/h3-6,13,22H,1-2,7-12,14H2,(H,27,30)(H,24,25,26);1H. The summed E-state index contributed by atoms with van der Waals surface area (Å²) in [6, 6.07) is 8.33. The van der Waals surface area contributed by atoms with Gasteiger partial charge < -0.3 is 15.5 Å². The third-order valence-corrected chi connectivity index (χ3v) is 5.73. The maximum Gasteiger partial charge on any atom is 0.277 e. The molecule has 2 aromatic heterocycles. The summed E-state index contributed by atoms with van der Waals surface area (Å²) in [5.41, 5.74) is 2.42. The van der Waals surface area contributed by atoms with E-state index in [0.29, 0.717) is 22.7 Å². The number of rotatable bonds is 5. The zero-order chi connectivity index (χ0) is 20.3. The molecule has 4 heterocycles. The molecule has 0 atom stereocenters. The highest BCUT2D eigenvalue weighted by Crippen LogP contribution is 2.25. The van der Waals surface area contributed by atoms with Crippen LogP contribution >= 0.6 is 12.4 Å². The highest BCUT2D eigenvalue weighted by Gasteiger charge is 2.19. The summed E-state index contributed by atoms with van der Waals surface area (Å²) >= 11 is 0. The van der Waals surface area contributed by atoms with E-state index in [0.717, 1.165) is 64.3 Å². The van der Waals surface area contributed by atoms with Gasteiger partial charge in [0.05, 0.1) is 6.20 Å². The summed E-state index contributed by atoms with van der Waals surface area (Å²) in [7, 11) is 0. The van der Waals surface area contributed by atoms with Gasteiger partial charge in [-0.15, -0.1) is 12.4 Å². The van der Waals surface area contributed by atoms with Crippen LogP contribution in [-0.2, 0) is 6.54 Å². The van der Waals surface area contributed by atoms with Crippen molar-refractivity contribution in [3.63, 3.8) is 0 Å². The minimum atomic E-state index is -0.293. The van der Waals surface area contributed by atoms with Crippen LogP contribution < -0.4 is 21.1 Å². The maximum atomic E-state index is 12.4. The number of benzene rings is 1. The predicted molar refractivity (Wildman–Crippen MR) is 125 cm³/mol. The summed E-state index contributed by atoms with van der Waals surface area (Å²) in [6.45, 7) is 7.05. The van der Waals surface area contributed by atoms with Crippen molar-refractivity contribution in [3.05, 3.63) is 46.4 Å². The van der Waals surface area contributed by atoms with Gasteiger partial charge in [-0.25, -0.2) is 10.1 Å². The molecule has 9 nitrogen and oxygen atoms in total. The zero-order valence-electron chi connectivity index (χ0n) is 17.3. The molecule has 0 aliphatic carbocycles. The zero-order valence-corrected chi connectivity index (χ0v) is 18.1. The number of nitrogens with one attached hydrogen (secondary N) is 3. The molecule has 2 saturated heterocycles. The van der Waals surface area contributed by atoms with Gasteiger partial charge in [0.15, 0.2) is 0 Å². The van der Waals surface area contributed by atoms with Crippen molar-refractivity contribution in [1.82, 2.24) is 30.4 Å². The van der Waals surface area contributed by atoms with Gasteiger partial charge in [0, 0.05) is 51.5 Å². The van der Waals surface area contributed by atoms with Crippen LogP contribution in [0, 0.1) is 0 Å². The van der Waals surface area contributed by atoms with Crippen molar-refractivity contribution in [2.75, 3.05) is 49.5 Å². The van der Waals surface area contributed by atoms with Crippen molar-refractivity contribution in [2.24, 2.45) is 0 Å². The third kappa shape index (κ3) is 4.79. The summed E-state index contributed by atoms with van der Waals surface area (Å²) in [6.07, 6.45) is 3.85. The Morgan fingerprint density at radius 2 is 1.74 bits per heavy atom. The van der Waals surface area contributed by atoms with Crippen molar-refractivity contribution in [2.45, 2.75) is 19.4 Å². The van der Waals surface area contributed by atoms with Crippen LogP contribution in [0.5, 0.6) is 0 Å². The van der Waals surface area contributed by atoms with E-state index in [1.54, 1.807) is 6.20 Å². The van der Waals surface area contributed by atoms with Crippen LogP contribution in [0.1, 0.15) is 18.4 Å². The molecule has 3 aromatic rings. The number of aromatic amines is 1. The second kappa shape index (κ2) is 9.59. The van der Waals surface area contributed by atoms with Gasteiger partial charge in [0.25, 0.3) is 5.56 Å². The van der Waals surface area contributed by atoms with Crippen molar-refractivity contribution >= 4 is 40.8 Å².